The van der Waals surface area contributed by atoms with Gasteiger partial charge in [-0.3, -0.25) is 4.79 Å². The van der Waals surface area contributed by atoms with Gasteiger partial charge in [0.05, 0.1) is 5.01 Å². The molecule has 172 valence electrons. The van der Waals surface area contributed by atoms with Gasteiger partial charge >= 0.3 is 0 Å². The van der Waals surface area contributed by atoms with E-state index >= 15 is 0 Å². The van der Waals surface area contributed by atoms with Crippen molar-refractivity contribution in [3.05, 3.63) is 40.3 Å². The molecule has 1 aromatic heterocycles. The van der Waals surface area contributed by atoms with Gasteiger partial charge in [0.1, 0.15) is 5.69 Å². The summed E-state index contributed by atoms with van der Waals surface area (Å²) >= 11 is 7.29. The molecule has 2 saturated heterocycles. The van der Waals surface area contributed by atoms with Crippen LogP contribution in [0.2, 0.25) is 0 Å². The van der Waals surface area contributed by atoms with Gasteiger partial charge in [-0.15, -0.1) is 11.3 Å². The summed E-state index contributed by atoms with van der Waals surface area (Å²) in [4.78, 5) is 24.0. The van der Waals surface area contributed by atoms with Gasteiger partial charge in [0.2, 0.25) is 0 Å². The first-order valence-electron chi connectivity index (χ1n) is 11.5. The van der Waals surface area contributed by atoms with Gasteiger partial charge in [0.15, 0.2) is 5.11 Å². The van der Waals surface area contributed by atoms with E-state index in [2.05, 4.69) is 46.3 Å². The lowest BCUT2D eigenvalue weighted by Crippen LogP contribution is -2.42. The number of nitrogens with one attached hydrogen (secondary N) is 1. The molecule has 2 aliphatic heterocycles. The summed E-state index contributed by atoms with van der Waals surface area (Å²) in [6.45, 7) is 4.80. The lowest BCUT2D eigenvalue weighted by Gasteiger charge is -2.33. The molecule has 0 radical (unpaired) electrons. The molecule has 0 spiro atoms. The first kappa shape index (κ1) is 23.0. The molecule has 0 bridgehead atoms. The highest BCUT2D eigenvalue weighted by atomic mass is 32.1. The monoisotopic (exact) mass is 471 g/mol. The molecule has 3 heterocycles. The van der Waals surface area contributed by atoms with Crippen LogP contribution in [0.15, 0.2) is 29.6 Å². The number of rotatable bonds is 4. The van der Waals surface area contributed by atoms with Gasteiger partial charge in [-0.1, -0.05) is 0 Å². The summed E-state index contributed by atoms with van der Waals surface area (Å²) in [5.41, 5.74) is 2.80. The van der Waals surface area contributed by atoms with E-state index in [0.717, 1.165) is 61.1 Å². The molecular weight excluding hydrogens is 438 g/mol. The molecule has 1 N–H and O–H groups in total. The van der Waals surface area contributed by atoms with E-state index in [1.165, 1.54) is 12.1 Å². The Kier molecular flexibility index (Phi) is 7.30. The number of anilines is 2. The fourth-order valence-corrected chi connectivity index (χ4v) is 5.76. The molecule has 1 unspecified atom stereocenters. The van der Waals surface area contributed by atoms with Crippen molar-refractivity contribution in [2.45, 2.75) is 51.0 Å². The molecule has 1 amide bonds. The second-order valence-electron chi connectivity index (χ2n) is 9.05. The zero-order valence-electron chi connectivity index (χ0n) is 19.2. The number of thiocarbonyl (C=S) groups is 1. The van der Waals surface area contributed by atoms with Crippen molar-refractivity contribution >= 4 is 45.9 Å². The van der Waals surface area contributed by atoms with Crippen LogP contribution in [0, 0.1) is 0 Å². The molecule has 2 fully saturated rings. The first-order valence-corrected chi connectivity index (χ1v) is 12.8. The molecule has 0 saturated carbocycles. The zero-order valence-corrected chi connectivity index (χ0v) is 20.8. The average molecular weight is 472 g/mol. The molecule has 32 heavy (non-hydrogen) atoms. The molecule has 2 aromatic rings. The number of carbonyl (C=O) groups excluding carboxylic acids is 1. The molecule has 2 aliphatic rings. The second-order valence-corrected chi connectivity index (χ2v) is 10.3. The number of benzene rings is 1. The van der Waals surface area contributed by atoms with Crippen LogP contribution < -0.4 is 10.2 Å². The summed E-state index contributed by atoms with van der Waals surface area (Å²) in [6.07, 6.45) is 5.41. The first-order chi connectivity index (χ1) is 15.4. The number of likely N-dealkylation sites (tertiary alicyclic amines) is 2. The van der Waals surface area contributed by atoms with Crippen LogP contribution in [0.3, 0.4) is 0 Å². The number of thiazole rings is 1. The fourth-order valence-electron chi connectivity index (χ4n) is 4.50. The Bertz CT molecular complexity index is 934. The number of piperidine rings is 2. The van der Waals surface area contributed by atoms with Crippen LogP contribution in [0.1, 0.15) is 60.4 Å². The molecule has 6 nitrogen and oxygen atoms in total. The molecule has 1 aromatic carbocycles. The fraction of sp³-hybridized carbons (Fsp3) is 0.542. The number of aromatic nitrogens is 1. The Morgan fingerprint density at radius 3 is 2.50 bits per heavy atom. The third-order valence-electron chi connectivity index (χ3n) is 6.57. The van der Waals surface area contributed by atoms with Gasteiger partial charge in [-0.2, -0.15) is 0 Å². The minimum Gasteiger partial charge on any atom is -0.378 e. The third kappa shape index (κ3) is 5.23. The van der Waals surface area contributed by atoms with Crippen LogP contribution in [0.5, 0.6) is 0 Å². The predicted molar refractivity (Wildman–Crippen MR) is 137 cm³/mol. The number of hydrogen-bond acceptors (Lipinski definition) is 5. The van der Waals surface area contributed by atoms with Crippen LogP contribution >= 0.6 is 23.6 Å². The summed E-state index contributed by atoms with van der Waals surface area (Å²) in [5.74, 6) is 0.501. The van der Waals surface area contributed by atoms with E-state index in [9.17, 15) is 4.79 Å². The van der Waals surface area contributed by atoms with Crippen molar-refractivity contribution < 1.29 is 4.79 Å². The maximum atomic E-state index is 12.9. The second kappa shape index (κ2) is 10.2. The van der Waals surface area contributed by atoms with E-state index in [0.29, 0.717) is 17.7 Å². The van der Waals surface area contributed by atoms with Crippen LogP contribution in [-0.4, -0.2) is 65.6 Å². The number of hydrogen-bond donors (Lipinski definition) is 1. The van der Waals surface area contributed by atoms with Crippen molar-refractivity contribution in [2.24, 2.45) is 0 Å². The van der Waals surface area contributed by atoms with Crippen LogP contribution in [0.4, 0.5) is 11.4 Å². The normalized spacial score (nSPS) is 19.7. The van der Waals surface area contributed by atoms with E-state index in [1.54, 1.807) is 11.3 Å². The smallest absolute Gasteiger partial charge is 0.273 e. The average Bonchev–Trinajstić information content (AvgIpc) is 3.30. The van der Waals surface area contributed by atoms with E-state index < -0.39 is 0 Å². The van der Waals surface area contributed by atoms with Gasteiger partial charge in [-0.25, -0.2) is 4.98 Å². The summed E-state index contributed by atoms with van der Waals surface area (Å²) < 4.78 is 0. The number of amides is 1. The Balaban J connectivity index is 1.30. The summed E-state index contributed by atoms with van der Waals surface area (Å²) in [6, 6.07) is 8.61. The van der Waals surface area contributed by atoms with Gasteiger partial charge < -0.3 is 20.0 Å². The van der Waals surface area contributed by atoms with Gasteiger partial charge in [0.25, 0.3) is 5.91 Å². The van der Waals surface area contributed by atoms with Gasteiger partial charge in [0, 0.05) is 62.4 Å². The number of nitrogens with zero attached hydrogens (tertiary/aromatic N) is 4. The van der Waals surface area contributed by atoms with E-state index in [-0.39, 0.29) is 5.91 Å². The standard InChI is InChI=1S/C24H33N5OS2/c1-17-6-4-5-13-29(17)23(30)21-16-32-22(26-21)18-11-14-28(15-12-18)24(31)25-19-7-9-20(10-8-19)27(2)3/h7-10,16-18H,4-6,11-15H2,1-3H3,(H,25,31). The van der Waals surface area contributed by atoms with Crippen molar-refractivity contribution in [3.8, 4) is 0 Å². The minimum absolute atomic E-state index is 0.0998. The Morgan fingerprint density at radius 2 is 1.84 bits per heavy atom. The molecule has 4 rings (SSSR count). The summed E-state index contributed by atoms with van der Waals surface area (Å²) in [7, 11) is 4.07. The maximum Gasteiger partial charge on any atom is 0.273 e. The van der Waals surface area contributed by atoms with Crippen molar-refractivity contribution in [2.75, 3.05) is 43.9 Å². The largest absolute Gasteiger partial charge is 0.378 e. The van der Waals surface area contributed by atoms with E-state index in [4.69, 9.17) is 17.2 Å². The van der Waals surface area contributed by atoms with E-state index in [1.807, 2.05) is 24.4 Å². The zero-order chi connectivity index (χ0) is 22.7. The minimum atomic E-state index is 0.0998. The van der Waals surface area contributed by atoms with Crippen LogP contribution in [-0.2, 0) is 0 Å². The number of carbonyl (C=O) groups is 1. The topological polar surface area (TPSA) is 51.7 Å². The lowest BCUT2D eigenvalue weighted by atomic mass is 9.98. The van der Waals surface area contributed by atoms with Gasteiger partial charge in [-0.05, 0) is 75.5 Å². The predicted octanol–water partition coefficient (Wildman–Crippen LogP) is 4.80. The highest BCUT2D eigenvalue weighted by Crippen LogP contribution is 2.31. The third-order valence-corrected chi connectivity index (χ3v) is 7.94. The van der Waals surface area contributed by atoms with Crippen molar-refractivity contribution in [1.82, 2.24) is 14.8 Å². The Hall–Kier alpha value is -2.19. The molecular formula is C24H33N5OS2. The quantitative estimate of drug-likeness (QED) is 0.647. The Labute approximate surface area is 200 Å². The van der Waals surface area contributed by atoms with Crippen molar-refractivity contribution in [3.63, 3.8) is 0 Å². The SMILES string of the molecule is CC1CCCCN1C(=O)c1csc(C2CCN(C(=S)Nc3ccc(N(C)C)cc3)CC2)n1. The molecule has 8 heteroatoms. The van der Waals surface area contributed by atoms with Crippen LogP contribution in [0.25, 0.3) is 0 Å². The lowest BCUT2D eigenvalue weighted by molar-refractivity contribution is 0.0630. The maximum absolute atomic E-state index is 12.9. The highest BCUT2D eigenvalue weighted by molar-refractivity contribution is 7.80. The van der Waals surface area contributed by atoms with Crippen molar-refractivity contribution in [1.29, 1.82) is 0 Å². The Morgan fingerprint density at radius 1 is 1.12 bits per heavy atom. The highest BCUT2D eigenvalue weighted by Gasteiger charge is 2.28. The molecule has 0 aliphatic carbocycles. The molecule has 1 atom stereocenters. The summed E-state index contributed by atoms with van der Waals surface area (Å²) in [5, 5.41) is 7.19.